The molecule has 0 aliphatic carbocycles. The van der Waals surface area contributed by atoms with Crippen molar-refractivity contribution in [3.8, 4) is 10.6 Å². The lowest BCUT2D eigenvalue weighted by atomic mass is 10.1. The normalized spacial score (nSPS) is 12.4. The highest BCUT2D eigenvalue weighted by Gasteiger charge is 2.11. The first kappa shape index (κ1) is 14.4. The van der Waals surface area contributed by atoms with E-state index in [1.165, 1.54) is 10.4 Å². The molecule has 0 aliphatic heterocycles. The first-order valence-corrected chi connectivity index (χ1v) is 8.49. The van der Waals surface area contributed by atoms with E-state index >= 15 is 0 Å². The van der Waals surface area contributed by atoms with E-state index in [-0.39, 0.29) is 12.6 Å². The Morgan fingerprint density at radius 2 is 2.05 bits per heavy atom. The second-order valence-corrected chi connectivity index (χ2v) is 6.57. The Morgan fingerprint density at radius 3 is 2.76 bits per heavy atom. The van der Waals surface area contributed by atoms with E-state index in [0.29, 0.717) is 6.54 Å². The molecule has 0 radical (unpaired) electrons. The predicted octanol–water partition coefficient (Wildman–Crippen LogP) is 3.69. The summed E-state index contributed by atoms with van der Waals surface area (Å²) in [6, 6.07) is 12.0. The number of aliphatic hydroxyl groups is 1. The molecule has 0 bridgehead atoms. The Bertz CT molecular complexity index is 665. The van der Waals surface area contributed by atoms with Crippen LogP contribution in [0.3, 0.4) is 0 Å². The Hall–Kier alpha value is -1.53. The van der Waals surface area contributed by atoms with Gasteiger partial charge in [0.1, 0.15) is 5.01 Å². The van der Waals surface area contributed by atoms with Crippen molar-refractivity contribution < 1.29 is 5.11 Å². The molecule has 3 aromatic rings. The highest BCUT2D eigenvalue weighted by atomic mass is 32.1. The summed E-state index contributed by atoms with van der Waals surface area (Å²) in [7, 11) is 0. The third-order valence-electron chi connectivity index (χ3n) is 3.23. The van der Waals surface area contributed by atoms with Crippen LogP contribution in [0.25, 0.3) is 10.6 Å². The van der Waals surface area contributed by atoms with Gasteiger partial charge in [0.05, 0.1) is 12.6 Å². The van der Waals surface area contributed by atoms with Crippen molar-refractivity contribution in [1.82, 2.24) is 10.3 Å². The smallest absolute Gasteiger partial charge is 0.124 e. The van der Waals surface area contributed by atoms with Gasteiger partial charge in [-0.2, -0.15) is 11.3 Å². The number of thiazole rings is 1. The summed E-state index contributed by atoms with van der Waals surface area (Å²) in [4.78, 5) is 5.63. The third-order valence-corrected chi connectivity index (χ3v) is 4.96. The van der Waals surface area contributed by atoms with Crippen LogP contribution in [0.1, 0.15) is 16.5 Å². The molecular formula is C16H16N2OS2. The van der Waals surface area contributed by atoms with E-state index < -0.39 is 0 Å². The van der Waals surface area contributed by atoms with Gasteiger partial charge in [0.15, 0.2) is 0 Å². The number of hydrogen-bond donors (Lipinski definition) is 2. The van der Waals surface area contributed by atoms with Crippen molar-refractivity contribution in [2.45, 2.75) is 12.6 Å². The topological polar surface area (TPSA) is 45.1 Å². The maximum atomic E-state index is 9.54. The number of aromatic nitrogens is 1. The van der Waals surface area contributed by atoms with Gasteiger partial charge in [0, 0.05) is 28.6 Å². The summed E-state index contributed by atoms with van der Waals surface area (Å²) in [5.74, 6) is 0. The second kappa shape index (κ2) is 6.95. The first-order chi connectivity index (χ1) is 10.4. The predicted molar refractivity (Wildman–Crippen MR) is 88.5 cm³/mol. The van der Waals surface area contributed by atoms with Crippen LogP contribution in [-0.2, 0) is 6.54 Å². The van der Waals surface area contributed by atoms with Crippen LogP contribution in [-0.4, -0.2) is 16.7 Å². The van der Waals surface area contributed by atoms with Crippen LogP contribution in [0.4, 0.5) is 0 Å². The van der Waals surface area contributed by atoms with E-state index in [4.69, 9.17) is 0 Å². The van der Waals surface area contributed by atoms with E-state index in [1.54, 1.807) is 22.7 Å². The fourth-order valence-electron chi connectivity index (χ4n) is 2.11. The minimum absolute atomic E-state index is 0.0436. The van der Waals surface area contributed by atoms with Crippen molar-refractivity contribution in [3.05, 3.63) is 63.8 Å². The quantitative estimate of drug-likeness (QED) is 0.729. The van der Waals surface area contributed by atoms with Gasteiger partial charge in [0.25, 0.3) is 0 Å². The number of thiophene rings is 1. The Morgan fingerprint density at radius 1 is 1.19 bits per heavy atom. The van der Waals surface area contributed by atoms with E-state index in [1.807, 2.05) is 36.5 Å². The summed E-state index contributed by atoms with van der Waals surface area (Å²) in [5.41, 5.74) is 2.28. The summed E-state index contributed by atoms with van der Waals surface area (Å²) >= 11 is 3.37. The molecule has 2 N–H and O–H groups in total. The molecule has 1 unspecified atom stereocenters. The standard InChI is InChI=1S/C16H16N2OS2/c19-10-15(12-4-2-1-3-5-12)17-8-14-9-18-16(21-14)13-6-7-20-11-13/h1-7,9,11,15,17,19H,8,10H2. The zero-order chi connectivity index (χ0) is 14.5. The number of rotatable bonds is 6. The molecule has 1 atom stereocenters. The Balaban J connectivity index is 1.64. The number of benzene rings is 1. The maximum absolute atomic E-state index is 9.54. The average Bonchev–Trinajstić information content (AvgIpc) is 3.20. The van der Waals surface area contributed by atoms with Gasteiger partial charge in [-0.3, -0.25) is 0 Å². The molecule has 2 aromatic heterocycles. The molecule has 3 rings (SSSR count). The maximum Gasteiger partial charge on any atom is 0.124 e. The summed E-state index contributed by atoms with van der Waals surface area (Å²) < 4.78 is 0. The molecule has 0 saturated heterocycles. The fraction of sp³-hybridized carbons (Fsp3) is 0.188. The van der Waals surface area contributed by atoms with Crippen molar-refractivity contribution >= 4 is 22.7 Å². The number of hydrogen-bond acceptors (Lipinski definition) is 5. The van der Waals surface area contributed by atoms with Crippen LogP contribution < -0.4 is 5.32 Å². The minimum atomic E-state index is -0.0436. The molecule has 0 amide bonds. The summed E-state index contributed by atoms with van der Waals surface area (Å²) in [6.45, 7) is 0.794. The molecular weight excluding hydrogens is 300 g/mol. The Labute approximate surface area is 131 Å². The molecule has 0 saturated carbocycles. The van der Waals surface area contributed by atoms with E-state index in [9.17, 15) is 5.11 Å². The van der Waals surface area contributed by atoms with Crippen LogP contribution in [0.2, 0.25) is 0 Å². The molecule has 0 fully saturated rings. The SMILES string of the molecule is OCC(NCc1cnc(-c2ccsc2)s1)c1ccccc1. The van der Waals surface area contributed by atoms with Crippen LogP contribution in [0.15, 0.2) is 53.4 Å². The molecule has 2 heterocycles. The highest BCUT2D eigenvalue weighted by Crippen LogP contribution is 2.27. The monoisotopic (exact) mass is 316 g/mol. The largest absolute Gasteiger partial charge is 0.394 e. The van der Waals surface area contributed by atoms with Gasteiger partial charge in [-0.15, -0.1) is 11.3 Å². The number of nitrogens with zero attached hydrogens (tertiary/aromatic N) is 1. The van der Waals surface area contributed by atoms with Crippen LogP contribution >= 0.6 is 22.7 Å². The summed E-state index contributed by atoms with van der Waals surface area (Å²) in [6.07, 6.45) is 1.91. The van der Waals surface area contributed by atoms with Crippen molar-refractivity contribution in [2.75, 3.05) is 6.61 Å². The molecule has 1 aromatic carbocycles. The van der Waals surface area contributed by atoms with Crippen LogP contribution in [0.5, 0.6) is 0 Å². The third kappa shape index (κ3) is 3.57. The molecule has 108 valence electrons. The lowest BCUT2D eigenvalue weighted by Crippen LogP contribution is -2.23. The first-order valence-electron chi connectivity index (χ1n) is 6.73. The van der Waals surface area contributed by atoms with Crippen molar-refractivity contribution in [3.63, 3.8) is 0 Å². The minimum Gasteiger partial charge on any atom is -0.394 e. The highest BCUT2D eigenvalue weighted by molar-refractivity contribution is 7.15. The molecule has 0 aliphatic rings. The van der Waals surface area contributed by atoms with Gasteiger partial charge < -0.3 is 10.4 Å². The zero-order valence-electron chi connectivity index (χ0n) is 11.4. The zero-order valence-corrected chi connectivity index (χ0v) is 13.0. The Kier molecular flexibility index (Phi) is 4.77. The molecule has 5 heteroatoms. The van der Waals surface area contributed by atoms with Gasteiger partial charge in [0.2, 0.25) is 0 Å². The second-order valence-electron chi connectivity index (χ2n) is 4.67. The number of nitrogens with one attached hydrogen (secondary N) is 1. The van der Waals surface area contributed by atoms with Crippen molar-refractivity contribution in [2.24, 2.45) is 0 Å². The van der Waals surface area contributed by atoms with E-state index in [2.05, 4.69) is 27.1 Å². The average molecular weight is 316 g/mol. The lowest BCUT2D eigenvalue weighted by molar-refractivity contribution is 0.244. The summed E-state index contributed by atoms with van der Waals surface area (Å²) in [5, 5.41) is 18.1. The lowest BCUT2D eigenvalue weighted by Gasteiger charge is -2.15. The van der Waals surface area contributed by atoms with Gasteiger partial charge in [-0.05, 0) is 17.0 Å². The molecule has 0 spiro atoms. The van der Waals surface area contributed by atoms with Crippen molar-refractivity contribution in [1.29, 1.82) is 0 Å². The van der Waals surface area contributed by atoms with Crippen LogP contribution in [0, 0.1) is 0 Å². The fourth-order valence-corrected chi connectivity index (χ4v) is 3.68. The molecule has 21 heavy (non-hydrogen) atoms. The van der Waals surface area contributed by atoms with E-state index in [0.717, 1.165) is 10.6 Å². The van der Waals surface area contributed by atoms with Gasteiger partial charge >= 0.3 is 0 Å². The number of aliphatic hydroxyl groups excluding tert-OH is 1. The van der Waals surface area contributed by atoms with Gasteiger partial charge in [-0.1, -0.05) is 30.3 Å². The van der Waals surface area contributed by atoms with Gasteiger partial charge in [-0.25, -0.2) is 4.98 Å². The molecule has 3 nitrogen and oxygen atoms in total.